The Morgan fingerprint density at radius 3 is 2.09 bits per heavy atom. The fourth-order valence-corrected chi connectivity index (χ4v) is 4.60. The van der Waals surface area contributed by atoms with Gasteiger partial charge >= 0.3 is 6.03 Å². The fraction of sp³-hybridized carbons (Fsp3) is 0.345. The van der Waals surface area contributed by atoms with E-state index >= 15 is 0 Å². The van der Waals surface area contributed by atoms with Gasteiger partial charge in [-0.05, 0) is 41.8 Å². The summed E-state index contributed by atoms with van der Waals surface area (Å²) < 4.78 is 0. The number of nitrogens with zero attached hydrogens (tertiary/aromatic N) is 3. The number of urea groups is 1. The predicted molar refractivity (Wildman–Crippen MR) is 145 cm³/mol. The SMILES string of the molecule is CN(C)c1ccc(C(CNC(=O)NCCc2ccccc2)N2CCN(c3ccccc3)CC2)cc1. The lowest BCUT2D eigenvalue weighted by atomic mass is 10.0. The third kappa shape index (κ3) is 6.99. The second-order valence-electron chi connectivity index (χ2n) is 9.23. The van der Waals surface area contributed by atoms with Gasteiger partial charge in [0.05, 0.1) is 6.04 Å². The molecule has 0 aliphatic carbocycles. The summed E-state index contributed by atoms with van der Waals surface area (Å²) in [6.07, 6.45) is 0.825. The van der Waals surface area contributed by atoms with Crippen molar-refractivity contribution in [3.05, 3.63) is 96.1 Å². The van der Waals surface area contributed by atoms with Gasteiger partial charge in [0.25, 0.3) is 0 Å². The van der Waals surface area contributed by atoms with Crippen LogP contribution in [-0.4, -0.2) is 64.3 Å². The lowest BCUT2D eigenvalue weighted by molar-refractivity contribution is 0.180. The van der Waals surface area contributed by atoms with Gasteiger partial charge in [-0.1, -0.05) is 60.7 Å². The van der Waals surface area contributed by atoms with E-state index in [1.165, 1.54) is 22.5 Å². The summed E-state index contributed by atoms with van der Waals surface area (Å²) in [5.41, 5.74) is 4.90. The number of benzene rings is 3. The summed E-state index contributed by atoms with van der Waals surface area (Å²) in [4.78, 5) is 19.6. The first-order valence-corrected chi connectivity index (χ1v) is 12.5. The van der Waals surface area contributed by atoms with Gasteiger partial charge in [0.15, 0.2) is 0 Å². The molecule has 1 aliphatic heterocycles. The van der Waals surface area contributed by atoms with Crippen LogP contribution in [0.25, 0.3) is 0 Å². The van der Waals surface area contributed by atoms with Crippen LogP contribution in [0, 0.1) is 0 Å². The van der Waals surface area contributed by atoms with Crippen molar-refractivity contribution in [2.75, 3.05) is 63.2 Å². The van der Waals surface area contributed by atoms with Crippen molar-refractivity contribution < 1.29 is 4.79 Å². The summed E-state index contributed by atoms with van der Waals surface area (Å²) in [5, 5.41) is 6.14. The minimum absolute atomic E-state index is 0.112. The third-order valence-electron chi connectivity index (χ3n) is 6.67. The number of amides is 2. The average molecular weight is 472 g/mol. The summed E-state index contributed by atoms with van der Waals surface area (Å²) >= 11 is 0. The lowest BCUT2D eigenvalue weighted by Crippen LogP contribution is -2.50. The molecule has 2 amide bonds. The molecule has 4 rings (SSSR count). The highest BCUT2D eigenvalue weighted by Crippen LogP contribution is 2.25. The molecule has 0 aromatic heterocycles. The molecular weight excluding hydrogens is 434 g/mol. The molecule has 1 heterocycles. The Labute approximate surface area is 209 Å². The van der Waals surface area contributed by atoms with Gasteiger partial charge < -0.3 is 20.4 Å². The van der Waals surface area contributed by atoms with Gasteiger partial charge in [0.1, 0.15) is 0 Å². The molecule has 0 saturated carbocycles. The van der Waals surface area contributed by atoms with Crippen molar-refractivity contribution in [2.24, 2.45) is 0 Å². The Hall–Kier alpha value is -3.51. The molecule has 1 saturated heterocycles. The first-order chi connectivity index (χ1) is 17.1. The number of para-hydroxylation sites is 1. The molecule has 2 N–H and O–H groups in total. The number of nitrogens with one attached hydrogen (secondary N) is 2. The zero-order valence-corrected chi connectivity index (χ0v) is 20.9. The van der Waals surface area contributed by atoms with Crippen LogP contribution in [0.1, 0.15) is 17.2 Å². The van der Waals surface area contributed by atoms with E-state index in [1.54, 1.807) is 0 Å². The van der Waals surface area contributed by atoms with E-state index in [9.17, 15) is 4.79 Å². The summed E-state index contributed by atoms with van der Waals surface area (Å²) in [6.45, 7) is 5.04. The minimum atomic E-state index is -0.112. The van der Waals surface area contributed by atoms with Crippen molar-refractivity contribution in [1.82, 2.24) is 15.5 Å². The molecule has 6 nitrogen and oxygen atoms in total. The molecule has 0 spiro atoms. The number of hydrogen-bond acceptors (Lipinski definition) is 4. The molecular formula is C29H37N5O. The molecule has 0 bridgehead atoms. The molecule has 3 aromatic rings. The maximum absolute atomic E-state index is 12.6. The smallest absolute Gasteiger partial charge is 0.314 e. The van der Waals surface area contributed by atoms with Crippen LogP contribution < -0.4 is 20.4 Å². The normalized spacial score (nSPS) is 14.9. The topological polar surface area (TPSA) is 50.9 Å². The first kappa shape index (κ1) is 24.6. The molecule has 1 unspecified atom stereocenters. The number of hydrogen-bond donors (Lipinski definition) is 2. The van der Waals surface area contributed by atoms with E-state index in [-0.39, 0.29) is 12.1 Å². The summed E-state index contributed by atoms with van der Waals surface area (Å²) in [5.74, 6) is 0. The van der Waals surface area contributed by atoms with Gasteiger partial charge in [-0.3, -0.25) is 4.90 Å². The quantitative estimate of drug-likeness (QED) is 0.492. The molecule has 35 heavy (non-hydrogen) atoms. The maximum atomic E-state index is 12.6. The Kier molecular flexibility index (Phi) is 8.63. The minimum Gasteiger partial charge on any atom is -0.378 e. The number of rotatable bonds is 9. The molecule has 0 radical (unpaired) electrons. The van der Waals surface area contributed by atoms with Gasteiger partial charge in [0.2, 0.25) is 0 Å². The van der Waals surface area contributed by atoms with E-state index in [4.69, 9.17) is 0 Å². The zero-order chi connectivity index (χ0) is 24.5. The summed E-state index contributed by atoms with van der Waals surface area (Å²) in [6, 6.07) is 29.5. The van der Waals surface area contributed by atoms with E-state index in [1.807, 2.05) is 18.2 Å². The number of carbonyl (C=O) groups excluding carboxylic acids is 1. The van der Waals surface area contributed by atoms with Crippen LogP contribution in [0.15, 0.2) is 84.9 Å². The van der Waals surface area contributed by atoms with Crippen molar-refractivity contribution in [3.63, 3.8) is 0 Å². The first-order valence-electron chi connectivity index (χ1n) is 12.5. The molecule has 1 atom stereocenters. The fourth-order valence-electron chi connectivity index (χ4n) is 4.60. The monoisotopic (exact) mass is 471 g/mol. The largest absolute Gasteiger partial charge is 0.378 e. The Balaban J connectivity index is 1.36. The summed E-state index contributed by atoms with van der Waals surface area (Å²) in [7, 11) is 4.10. The molecule has 184 valence electrons. The van der Waals surface area contributed by atoms with Crippen LogP contribution in [0.3, 0.4) is 0 Å². The van der Waals surface area contributed by atoms with Crippen LogP contribution in [0.4, 0.5) is 16.2 Å². The van der Waals surface area contributed by atoms with E-state index < -0.39 is 0 Å². The zero-order valence-electron chi connectivity index (χ0n) is 20.9. The number of carbonyl (C=O) groups is 1. The van der Waals surface area contributed by atoms with E-state index in [0.717, 1.165) is 32.6 Å². The van der Waals surface area contributed by atoms with Gasteiger partial charge in [-0.25, -0.2) is 4.79 Å². The van der Waals surface area contributed by atoms with E-state index in [2.05, 4.69) is 106 Å². The Morgan fingerprint density at radius 2 is 1.46 bits per heavy atom. The third-order valence-corrected chi connectivity index (χ3v) is 6.67. The highest BCUT2D eigenvalue weighted by Gasteiger charge is 2.25. The highest BCUT2D eigenvalue weighted by atomic mass is 16.2. The molecule has 1 fully saturated rings. The second kappa shape index (κ2) is 12.3. The average Bonchev–Trinajstić information content (AvgIpc) is 2.90. The Bertz CT molecular complexity index is 1030. The van der Waals surface area contributed by atoms with E-state index in [0.29, 0.717) is 13.1 Å². The predicted octanol–water partition coefficient (Wildman–Crippen LogP) is 4.16. The molecule has 6 heteroatoms. The van der Waals surface area contributed by atoms with Crippen molar-refractivity contribution in [3.8, 4) is 0 Å². The highest BCUT2D eigenvalue weighted by molar-refractivity contribution is 5.73. The van der Waals surface area contributed by atoms with Gasteiger partial charge in [0, 0.05) is 64.7 Å². The van der Waals surface area contributed by atoms with Crippen molar-refractivity contribution >= 4 is 17.4 Å². The van der Waals surface area contributed by atoms with Gasteiger partial charge in [-0.15, -0.1) is 0 Å². The van der Waals surface area contributed by atoms with Crippen LogP contribution >= 0.6 is 0 Å². The molecule has 3 aromatic carbocycles. The van der Waals surface area contributed by atoms with Crippen LogP contribution in [-0.2, 0) is 6.42 Å². The van der Waals surface area contributed by atoms with Crippen LogP contribution in [0.5, 0.6) is 0 Å². The number of anilines is 2. The van der Waals surface area contributed by atoms with Crippen LogP contribution in [0.2, 0.25) is 0 Å². The molecule has 1 aliphatic rings. The Morgan fingerprint density at radius 1 is 0.829 bits per heavy atom. The van der Waals surface area contributed by atoms with Crippen molar-refractivity contribution in [1.29, 1.82) is 0 Å². The standard InChI is InChI=1S/C29H37N5O/c1-32(2)26-15-13-25(14-16-26)28(23-31-29(35)30-18-17-24-9-5-3-6-10-24)34-21-19-33(20-22-34)27-11-7-4-8-12-27/h3-16,28H,17-23H2,1-2H3,(H2,30,31,35). The number of piperazine rings is 1. The second-order valence-corrected chi connectivity index (χ2v) is 9.23. The lowest BCUT2D eigenvalue weighted by Gasteiger charge is -2.40. The maximum Gasteiger partial charge on any atom is 0.314 e. The van der Waals surface area contributed by atoms with Gasteiger partial charge in [-0.2, -0.15) is 0 Å². The van der Waals surface area contributed by atoms with Crippen molar-refractivity contribution in [2.45, 2.75) is 12.5 Å².